The van der Waals surface area contributed by atoms with Gasteiger partial charge in [0, 0.05) is 31.1 Å². The minimum absolute atomic E-state index is 0. The predicted molar refractivity (Wildman–Crippen MR) is 138 cm³/mol. The predicted octanol–water partition coefficient (Wildman–Crippen LogP) is 4.11. The van der Waals surface area contributed by atoms with Gasteiger partial charge in [0.25, 0.3) is 0 Å². The largest absolute Gasteiger partial charge is 0.490 e. The summed E-state index contributed by atoms with van der Waals surface area (Å²) in [6.07, 6.45) is 5.19. The van der Waals surface area contributed by atoms with Crippen LogP contribution >= 0.6 is 35.7 Å². The molecule has 1 fully saturated rings. The zero-order valence-corrected chi connectivity index (χ0v) is 21.9. The Morgan fingerprint density at radius 1 is 1.10 bits per heavy atom. The average molecular weight is 552 g/mol. The van der Waals surface area contributed by atoms with Gasteiger partial charge in [-0.3, -0.25) is 4.99 Å². The van der Waals surface area contributed by atoms with E-state index in [-0.39, 0.29) is 28.7 Å². The third-order valence-corrected chi connectivity index (χ3v) is 6.42. The third kappa shape index (κ3) is 8.70. The first-order chi connectivity index (χ1) is 14.2. The van der Waals surface area contributed by atoms with Crippen LogP contribution in [0.4, 0.5) is 0 Å². The molecule has 0 spiro atoms. The van der Waals surface area contributed by atoms with Crippen LogP contribution in [0.2, 0.25) is 0 Å². The Hall–Kier alpha value is -0.870. The van der Waals surface area contributed by atoms with E-state index in [4.69, 9.17) is 19.2 Å². The number of nitrogens with one attached hydrogen (secondary N) is 2. The smallest absolute Gasteiger partial charge is 0.191 e. The Bertz CT molecular complexity index is 640. The van der Waals surface area contributed by atoms with Gasteiger partial charge < -0.3 is 24.8 Å². The molecule has 2 N–H and O–H groups in total. The Morgan fingerprint density at radius 2 is 1.80 bits per heavy atom. The SMILES string of the molecule is CCNC(=NCC1(SC)CCOCC1)NCCc1ccc(OCC)c(OCC)c1.I. The second kappa shape index (κ2) is 15.0. The topological polar surface area (TPSA) is 64.1 Å². The normalized spacial score (nSPS) is 15.8. The third-order valence-electron chi connectivity index (χ3n) is 5.02. The molecule has 1 aromatic carbocycles. The molecule has 0 bridgehead atoms. The number of rotatable bonds is 11. The first-order valence-electron chi connectivity index (χ1n) is 10.7. The van der Waals surface area contributed by atoms with Crippen molar-refractivity contribution in [3.8, 4) is 11.5 Å². The van der Waals surface area contributed by atoms with Crippen molar-refractivity contribution in [1.29, 1.82) is 0 Å². The van der Waals surface area contributed by atoms with E-state index in [0.717, 1.165) is 69.6 Å². The first-order valence-corrected chi connectivity index (χ1v) is 11.9. The number of ether oxygens (including phenoxy) is 3. The molecular weight excluding hydrogens is 513 g/mol. The van der Waals surface area contributed by atoms with E-state index in [2.05, 4.69) is 35.9 Å². The highest BCUT2D eigenvalue weighted by Gasteiger charge is 2.31. The van der Waals surface area contributed by atoms with E-state index < -0.39 is 0 Å². The molecule has 1 aliphatic heterocycles. The van der Waals surface area contributed by atoms with E-state index in [1.165, 1.54) is 5.56 Å². The molecule has 6 nitrogen and oxygen atoms in total. The van der Waals surface area contributed by atoms with E-state index in [1.807, 2.05) is 31.7 Å². The lowest BCUT2D eigenvalue weighted by molar-refractivity contribution is 0.0794. The summed E-state index contributed by atoms with van der Waals surface area (Å²) in [6.45, 7) is 11.5. The molecule has 0 aromatic heterocycles. The average Bonchev–Trinajstić information content (AvgIpc) is 2.75. The summed E-state index contributed by atoms with van der Waals surface area (Å²) in [7, 11) is 0. The molecule has 30 heavy (non-hydrogen) atoms. The maximum Gasteiger partial charge on any atom is 0.191 e. The first kappa shape index (κ1) is 27.2. The van der Waals surface area contributed by atoms with Gasteiger partial charge in [0.2, 0.25) is 0 Å². The summed E-state index contributed by atoms with van der Waals surface area (Å²) in [4.78, 5) is 4.87. The quantitative estimate of drug-likeness (QED) is 0.245. The number of guanidine groups is 1. The minimum Gasteiger partial charge on any atom is -0.490 e. The van der Waals surface area contributed by atoms with Crippen LogP contribution in [0.15, 0.2) is 23.2 Å². The van der Waals surface area contributed by atoms with E-state index in [1.54, 1.807) is 0 Å². The van der Waals surface area contributed by atoms with Crippen LogP contribution in [0.3, 0.4) is 0 Å². The maximum absolute atomic E-state index is 5.73. The maximum atomic E-state index is 5.73. The molecule has 2 rings (SSSR count). The Morgan fingerprint density at radius 3 is 2.43 bits per heavy atom. The molecule has 0 amide bonds. The molecule has 0 atom stereocenters. The summed E-state index contributed by atoms with van der Waals surface area (Å²) in [5.74, 6) is 2.50. The van der Waals surface area contributed by atoms with E-state index in [0.29, 0.717) is 13.2 Å². The standard InChI is InChI=1S/C22H37N3O3S.HI/c1-5-23-21(25-17-22(29-4)11-14-26-15-12-22)24-13-10-18-8-9-19(27-6-2)20(16-18)28-7-3;/h8-9,16H,5-7,10-15,17H2,1-4H3,(H2,23,24,25);1H. The second-order valence-corrected chi connectivity index (χ2v) is 8.29. The molecule has 1 saturated heterocycles. The van der Waals surface area contributed by atoms with Crippen LogP contribution in [0.5, 0.6) is 11.5 Å². The van der Waals surface area contributed by atoms with Crippen LogP contribution in [0.1, 0.15) is 39.2 Å². The fraction of sp³-hybridized carbons (Fsp3) is 0.682. The lowest BCUT2D eigenvalue weighted by atomic mass is 9.99. The number of aliphatic imine (C=N–C) groups is 1. The number of hydrogen-bond acceptors (Lipinski definition) is 5. The number of benzene rings is 1. The van der Waals surface area contributed by atoms with Crippen LogP contribution in [-0.4, -0.2) is 63.0 Å². The minimum atomic E-state index is 0. The van der Waals surface area contributed by atoms with E-state index >= 15 is 0 Å². The van der Waals surface area contributed by atoms with E-state index in [9.17, 15) is 0 Å². The summed E-state index contributed by atoms with van der Waals surface area (Å²) in [5.41, 5.74) is 1.21. The number of hydrogen-bond donors (Lipinski definition) is 2. The van der Waals surface area contributed by atoms with Crippen LogP contribution in [0.25, 0.3) is 0 Å². The van der Waals surface area contributed by atoms with Crippen molar-refractivity contribution < 1.29 is 14.2 Å². The molecule has 1 aliphatic rings. The summed E-state index contributed by atoms with van der Waals surface area (Å²) >= 11 is 1.92. The number of halogens is 1. The van der Waals surface area contributed by atoms with Crippen molar-refractivity contribution in [2.24, 2.45) is 4.99 Å². The highest BCUT2D eigenvalue weighted by Crippen LogP contribution is 2.34. The molecular formula is C22H38IN3O3S. The van der Waals surface area contributed by atoms with Crippen molar-refractivity contribution in [3.63, 3.8) is 0 Å². The van der Waals surface area contributed by atoms with Crippen molar-refractivity contribution in [3.05, 3.63) is 23.8 Å². The Kier molecular flexibility index (Phi) is 13.6. The molecule has 1 aromatic rings. The molecule has 0 radical (unpaired) electrons. The van der Waals surface area contributed by atoms with Gasteiger partial charge in [-0.2, -0.15) is 11.8 Å². The van der Waals surface area contributed by atoms with Gasteiger partial charge in [-0.25, -0.2) is 0 Å². The highest BCUT2D eigenvalue weighted by atomic mass is 127. The van der Waals surface area contributed by atoms with Gasteiger partial charge in [-0.05, 0) is 64.0 Å². The van der Waals surface area contributed by atoms with Gasteiger partial charge in [0.15, 0.2) is 17.5 Å². The molecule has 172 valence electrons. The van der Waals surface area contributed by atoms with Gasteiger partial charge in [-0.1, -0.05) is 6.07 Å². The number of thioether (sulfide) groups is 1. The zero-order valence-electron chi connectivity index (χ0n) is 18.8. The van der Waals surface area contributed by atoms with Crippen LogP contribution in [-0.2, 0) is 11.2 Å². The van der Waals surface area contributed by atoms with Crippen molar-refractivity contribution >= 4 is 41.7 Å². The van der Waals surface area contributed by atoms with Gasteiger partial charge in [0.1, 0.15) is 0 Å². The molecule has 0 unspecified atom stereocenters. The molecule has 1 heterocycles. The van der Waals surface area contributed by atoms with Crippen molar-refractivity contribution in [2.45, 2.75) is 44.8 Å². The highest BCUT2D eigenvalue weighted by molar-refractivity contribution is 14.0. The zero-order chi connectivity index (χ0) is 21.0. The molecule has 8 heteroatoms. The van der Waals surface area contributed by atoms with Crippen LogP contribution < -0.4 is 20.1 Å². The molecule has 0 saturated carbocycles. The fourth-order valence-electron chi connectivity index (χ4n) is 3.31. The van der Waals surface area contributed by atoms with Crippen molar-refractivity contribution in [1.82, 2.24) is 10.6 Å². The van der Waals surface area contributed by atoms with Crippen molar-refractivity contribution in [2.75, 3.05) is 52.3 Å². The monoisotopic (exact) mass is 551 g/mol. The second-order valence-electron chi connectivity index (χ2n) is 7.02. The Balaban J connectivity index is 0.00000450. The van der Waals surface area contributed by atoms with Gasteiger partial charge in [-0.15, -0.1) is 24.0 Å². The summed E-state index contributed by atoms with van der Waals surface area (Å²) in [5, 5.41) is 6.83. The summed E-state index contributed by atoms with van der Waals surface area (Å²) < 4.78 is 17.1. The van der Waals surface area contributed by atoms with Gasteiger partial charge in [0.05, 0.1) is 19.8 Å². The lowest BCUT2D eigenvalue weighted by Crippen LogP contribution is -2.41. The van der Waals surface area contributed by atoms with Crippen LogP contribution in [0, 0.1) is 0 Å². The Labute approximate surface area is 203 Å². The molecule has 0 aliphatic carbocycles. The van der Waals surface area contributed by atoms with Gasteiger partial charge >= 0.3 is 0 Å². The fourth-order valence-corrected chi connectivity index (χ4v) is 4.08. The summed E-state index contributed by atoms with van der Waals surface area (Å²) in [6, 6.07) is 6.17. The number of nitrogens with zero attached hydrogens (tertiary/aromatic N) is 1. The lowest BCUT2D eigenvalue weighted by Gasteiger charge is -2.34.